The van der Waals surface area contributed by atoms with Gasteiger partial charge in [0.2, 0.25) is 15.0 Å². The summed E-state index contributed by atoms with van der Waals surface area (Å²) in [5, 5.41) is 10.1. The third-order valence-electron chi connectivity index (χ3n) is 4.88. The van der Waals surface area contributed by atoms with Gasteiger partial charge in [0.25, 0.3) is 0 Å². The Morgan fingerprint density at radius 3 is 2.45 bits per heavy atom. The maximum absolute atomic E-state index is 13.3. The fraction of sp³-hybridized carbons (Fsp3) is 0.182. The SMILES string of the molecule is CCn1c(-c2ccccc2OC)nnc1S(=O)(=O)Cc1cccc2ccccc12. The van der Waals surface area contributed by atoms with Crippen molar-refractivity contribution >= 4 is 20.6 Å². The molecule has 0 saturated carbocycles. The van der Waals surface area contributed by atoms with E-state index in [1.54, 1.807) is 11.7 Å². The Kier molecular flexibility index (Phi) is 5.07. The predicted molar refractivity (Wildman–Crippen MR) is 113 cm³/mol. The average molecular weight is 407 g/mol. The number of sulfone groups is 1. The lowest BCUT2D eigenvalue weighted by Crippen LogP contribution is -2.13. The summed E-state index contributed by atoms with van der Waals surface area (Å²) >= 11 is 0. The van der Waals surface area contributed by atoms with Crippen molar-refractivity contribution in [3.63, 3.8) is 0 Å². The molecule has 0 aliphatic heterocycles. The lowest BCUT2D eigenvalue weighted by Gasteiger charge is -2.11. The first-order valence-electron chi connectivity index (χ1n) is 9.31. The zero-order valence-electron chi connectivity index (χ0n) is 16.2. The first-order chi connectivity index (χ1) is 14.0. The second kappa shape index (κ2) is 7.67. The highest BCUT2D eigenvalue weighted by molar-refractivity contribution is 7.90. The van der Waals surface area contributed by atoms with Crippen LogP contribution in [0.25, 0.3) is 22.2 Å². The van der Waals surface area contributed by atoms with Crippen LogP contribution in [-0.4, -0.2) is 30.3 Å². The summed E-state index contributed by atoms with van der Waals surface area (Å²) in [5.74, 6) is 0.951. The molecule has 4 aromatic rings. The first-order valence-corrected chi connectivity index (χ1v) is 11.0. The van der Waals surface area contributed by atoms with Crippen molar-refractivity contribution in [2.75, 3.05) is 7.11 Å². The van der Waals surface area contributed by atoms with Crippen molar-refractivity contribution in [3.8, 4) is 17.1 Å². The molecule has 6 nitrogen and oxygen atoms in total. The Balaban J connectivity index is 1.79. The van der Waals surface area contributed by atoms with Gasteiger partial charge < -0.3 is 4.74 Å². The number of methoxy groups -OCH3 is 1. The van der Waals surface area contributed by atoms with Crippen LogP contribution >= 0.6 is 0 Å². The van der Waals surface area contributed by atoms with Crippen LogP contribution in [0.5, 0.6) is 5.75 Å². The molecule has 0 atom stereocenters. The van der Waals surface area contributed by atoms with Crippen LogP contribution in [0.2, 0.25) is 0 Å². The molecule has 0 saturated heterocycles. The van der Waals surface area contributed by atoms with E-state index >= 15 is 0 Å². The molecule has 0 fully saturated rings. The third kappa shape index (κ3) is 3.49. The lowest BCUT2D eigenvalue weighted by atomic mass is 10.1. The highest BCUT2D eigenvalue weighted by Crippen LogP contribution is 2.30. The van der Waals surface area contributed by atoms with Gasteiger partial charge in [-0.15, -0.1) is 10.2 Å². The molecule has 7 heteroatoms. The summed E-state index contributed by atoms with van der Waals surface area (Å²) in [6.45, 7) is 2.30. The van der Waals surface area contributed by atoms with Crippen molar-refractivity contribution in [2.24, 2.45) is 0 Å². The van der Waals surface area contributed by atoms with E-state index in [1.165, 1.54) is 0 Å². The van der Waals surface area contributed by atoms with Crippen molar-refractivity contribution in [2.45, 2.75) is 24.4 Å². The summed E-state index contributed by atoms with van der Waals surface area (Å²) in [7, 11) is -2.13. The van der Waals surface area contributed by atoms with Crippen molar-refractivity contribution in [1.82, 2.24) is 14.8 Å². The predicted octanol–water partition coefficient (Wildman–Crippen LogP) is 4.10. The van der Waals surface area contributed by atoms with E-state index in [0.717, 1.165) is 16.3 Å². The van der Waals surface area contributed by atoms with Crippen LogP contribution in [0.3, 0.4) is 0 Å². The van der Waals surface area contributed by atoms with E-state index in [9.17, 15) is 8.42 Å². The second-order valence-electron chi connectivity index (χ2n) is 6.65. The number of hydrogen-bond donors (Lipinski definition) is 0. The Bertz CT molecular complexity index is 1270. The minimum absolute atomic E-state index is 0.0335. The quantitative estimate of drug-likeness (QED) is 0.481. The van der Waals surface area contributed by atoms with Crippen LogP contribution in [-0.2, 0) is 22.1 Å². The van der Waals surface area contributed by atoms with E-state index in [2.05, 4.69) is 10.2 Å². The third-order valence-corrected chi connectivity index (χ3v) is 6.43. The van der Waals surface area contributed by atoms with Gasteiger partial charge in [-0.05, 0) is 35.4 Å². The first kappa shape index (κ1) is 19.1. The number of ether oxygens (including phenoxy) is 1. The van der Waals surface area contributed by atoms with E-state index in [-0.39, 0.29) is 10.9 Å². The normalized spacial score (nSPS) is 11.7. The van der Waals surface area contributed by atoms with Crippen LogP contribution in [0.4, 0.5) is 0 Å². The Morgan fingerprint density at radius 2 is 1.66 bits per heavy atom. The molecular formula is C22H21N3O3S. The van der Waals surface area contributed by atoms with E-state index in [0.29, 0.717) is 23.7 Å². The smallest absolute Gasteiger partial charge is 0.250 e. The molecule has 0 bridgehead atoms. The van der Waals surface area contributed by atoms with Crippen LogP contribution < -0.4 is 4.74 Å². The largest absolute Gasteiger partial charge is 0.496 e. The minimum atomic E-state index is -3.71. The van der Waals surface area contributed by atoms with Crippen LogP contribution in [0.15, 0.2) is 71.9 Å². The molecule has 29 heavy (non-hydrogen) atoms. The van der Waals surface area contributed by atoms with Gasteiger partial charge in [-0.2, -0.15) is 0 Å². The second-order valence-corrected chi connectivity index (χ2v) is 8.53. The molecule has 1 aromatic heterocycles. The molecule has 1 heterocycles. The Morgan fingerprint density at radius 1 is 0.931 bits per heavy atom. The van der Waals surface area contributed by atoms with E-state index < -0.39 is 9.84 Å². The van der Waals surface area contributed by atoms with Crippen molar-refractivity contribution < 1.29 is 13.2 Å². The highest BCUT2D eigenvalue weighted by Gasteiger charge is 2.26. The van der Waals surface area contributed by atoms with Gasteiger partial charge in [-0.25, -0.2) is 8.42 Å². The number of hydrogen-bond acceptors (Lipinski definition) is 5. The van der Waals surface area contributed by atoms with Gasteiger partial charge in [-0.1, -0.05) is 54.6 Å². The topological polar surface area (TPSA) is 74.1 Å². The molecule has 0 unspecified atom stereocenters. The summed E-state index contributed by atoms with van der Waals surface area (Å²) in [5.41, 5.74) is 1.45. The maximum Gasteiger partial charge on any atom is 0.250 e. The van der Waals surface area contributed by atoms with Gasteiger partial charge in [-0.3, -0.25) is 4.57 Å². The Hall–Kier alpha value is -3.19. The van der Waals surface area contributed by atoms with Gasteiger partial charge in [0, 0.05) is 6.54 Å². The number of rotatable bonds is 6. The molecule has 148 valence electrons. The number of benzene rings is 3. The zero-order chi connectivity index (χ0) is 20.4. The monoisotopic (exact) mass is 407 g/mol. The zero-order valence-corrected chi connectivity index (χ0v) is 17.1. The standard InChI is InChI=1S/C22H21N3O3S/c1-3-25-21(19-13-6-7-14-20(19)28-2)23-24-22(25)29(26,27)15-17-11-8-10-16-9-4-5-12-18(16)17/h4-14H,3,15H2,1-2H3. The molecule has 0 spiro atoms. The summed E-state index contributed by atoms with van der Waals surface area (Å²) in [4.78, 5) is 0. The number of aromatic nitrogens is 3. The molecule has 0 aliphatic rings. The molecule has 3 aromatic carbocycles. The summed E-state index contributed by atoms with van der Waals surface area (Å²) < 4.78 is 33.6. The summed E-state index contributed by atoms with van der Waals surface area (Å²) in [6, 6.07) is 20.8. The fourth-order valence-electron chi connectivity index (χ4n) is 3.52. The van der Waals surface area contributed by atoms with E-state index in [4.69, 9.17) is 4.74 Å². The van der Waals surface area contributed by atoms with Gasteiger partial charge in [0.05, 0.1) is 18.4 Å². The number of nitrogens with zero attached hydrogens (tertiary/aromatic N) is 3. The maximum atomic E-state index is 13.3. The fourth-order valence-corrected chi connectivity index (χ4v) is 5.03. The molecule has 0 radical (unpaired) electrons. The molecule has 0 N–H and O–H groups in total. The molecule has 0 amide bonds. The molecular weight excluding hydrogens is 386 g/mol. The lowest BCUT2D eigenvalue weighted by molar-refractivity contribution is 0.415. The van der Waals surface area contributed by atoms with Crippen LogP contribution in [0.1, 0.15) is 12.5 Å². The highest BCUT2D eigenvalue weighted by atomic mass is 32.2. The van der Waals surface area contributed by atoms with Gasteiger partial charge >= 0.3 is 0 Å². The van der Waals surface area contributed by atoms with Crippen molar-refractivity contribution in [3.05, 3.63) is 72.3 Å². The Labute approximate surface area is 169 Å². The number of para-hydroxylation sites is 1. The molecule has 4 rings (SSSR count). The van der Waals surface area contributed by atoms with E-state index in [1.807, 2.05) is 73.7 Å². The van der Waals surface area contributed by atoms with Gasteiger partial charge in [0.15, 0.2) is 5.82 Å². The number of fused-ring (bicyclic) bond motifs is 1. The molecule has 0 aliphatic carbocycles. The average Bonchev–Trinajstić information content (AvgIpc) is 3.19. The summed E-state index contributed by atoms with van der Waals surface area (Å²) in [6.07, 6.45) is 0. The van der Waals surface area contributed by atoms with Crippen LogP contribution in [0, 0.1) is 0 Å². The van der Waals surface area contributed by atoms with Crippen molar-refractivity contribution in [1.29, 1.82) is 0 Å². The minimum Gasteiger partial charge on any atom is -0.496 e. The van der Waals surface area contributed by atoms with Gasteiger partial charge in [0.1, 0.15) is 5.75 Å².